The molecule has 0 saturated carbocycles. The maximum absolute atomic E-state index is 12.8. The number of benzene rings is 2. The molecule has 1 atom stereocenters. The van der Waals surface area contributed by atoms with E-state index in [1.54, 1.807) is 24.3 Å². The smallest absolute Gasteiger partial charge is 0.270 e. The van der Waals surface area contributed by atoms with Crippen molar-refractivity contribution in [1.29, 1.82) is 0 Å². The summed E-state index contributed by atoms with van der Waals surface area (Å²) in [5, 5.41) is 2.43. The van der Waals surface area contributed by atoms with Gasteiger partial charge in [0.25, 0.3) is 5.56 Å². The maximum atomic E-state index is 12.8. The number of anilines is 1. The highest BCUT2D eigenvalue weighted by atomic mass is 32.2. The van der Waals surface area contributed by atoms with Crippen LogP contribution in [-0.2, 0) is 14.6 Å². The van der Waals surface area contributed by atoms with E-state index < -0.39 is 25.5 Å². The van der Waals surface area contributed by atoms with Crippen LogP contribution in [0.1, 0.15) is 24.5 Å². The number of ether oxygens (including phenoxy) is 1. The van der Waals surface area contributed by atoms with E-state index in [9.17, 15) is 18.0 Å². The van der Waals surface area contributed by atoms with E-state index in [0.29, 0.717) is 17.9 Å². The first-order valence-electron chi connectivity index (χ1n) is 10.2. The highest BCUT2D eigenvalue weighted by Gasteiger charge is 2.24. The van der Waals surface area contributed by atoms with Crippen LogP contribution in [0.4, 0.5) is 5.69 Å². The van der Waals surface area contributed by atoms with Crippen molar-refractivity contribution in [3.05, 3.63) is 70.1 Å². The number of carbonyl (C=O) groups excluding carboxylic acids is 1. The van der Waals surface area contributed by atoms with Gasteiger partial charge in [-0.15, -0.1) is 0 Å². The predicted molar refractivity (Wildman–Crippen MR) is 128 cm³/mol. The Balaban J connectivity index is 1.80. The molecule has 1 heterocycles. The second-order valence-electron chi connectivity index (χ2n) is 7.41. The summed E-state index contributed by atoms with van der Waals surface area (Å²) in [7, 11) is -2.49. The third-order valence-electron chi connectivity index (χ3n) is 4.89. The van der Waals surface area contributed by atoms with E-state index in [1.807, 2.05) is 26.8 Å². The number of hydrogen-bond donors (Lipinski definition) is 2. The van der Waals surface area contributed by atoms with Gasteiger partial charge in [0.2, 0.25) is 15.7 Å². The van der Waals surface area contributed by atoms with E-state index in [1.165, 1.54) is 19.2 Å². The first-order chi connectivity index (χ1) is 15.6. The molecule has 0 spiro atoms. The molecular formula is C23H25N3O5S2. The van der Waals surface area contributed by atoms with Crippen LogP contribution in [0.2, 0.25) is 0 Å². The van der Waals surface area contributed by atoms with Crippen molar-refractivity contribution in [2.24, 2.45) is 0 Å². The van der Waals surface area contributed by atoms with Crippen LogP contribution >= 0.6 is 11.8 Å². The minimum atomic E-state index is -4.01. The van der Waals surface area contributed by atoms with E-state index in [0.717, 1.165) is 29.1 Å². The summed E-state index contributed by atoms with van der Waals surface area (Å²) >= 11 is 1.05. The SMILES string of the molecule is CC[C@H](Sc1ncc(S(=O)(=O)c2ccc(C)cc2)c(=O)[nH]1)C(=O)Nc1cc(C)ccc1OC. The van der Waals surface area contributed by atoms with Crippen LogP contribution < -0.4 is 15.6 Å². The van der Waals surface area contributed by atoms with Crippen LogP contribution in [0.15, 0.2) is 68.4 Å². The number of hydrogen-bond acceptors (Lipinski definition) is 7. The average Bonchev–Trinajstić information content (AvgIpc) is 2.77. The first-order valence-corrected chi connectivity index (χ1v) is 12.5. The molecule has 8 nitrogen and oxygen atoms in total. The van der Waals surface area contributed by atoms with Crippen molar-refractivity contribution in [3.63, 3.8) is 0 Å². The number of nitrogens with zero attached hydrogens (tertiary/aromatic N) is 1. The summed E-state index contributed by atoms with van der Waals surface area (Å²) in [5.41, 5.74) is 1.62. The lowest BCUT2D eigenvalue weighted by atomic mass is 10.2. The van der Waals surface area contributed by atoms with Crippen molar-refractivity contribution in [2.75, 3.05) is 12.4 Å². The molecule has 0 fully saturated rings. The van der Waals surface area contributed by atoms with E-state index in [4.69, 9.17) is 4.74 Å². The standard InChI is InChI=1S/C23H25N3O5S2/c1-5-19(21(27)25-17-12-15(3)8-11-18(17)31-4)32-23-24-13-20(22(28)26-23)33(29,30)16-9-6-14(2)7-10-16/h6-13,19H,5H2,1-4H3,(H,25,27)(H,24,26,28)/t19-/m0/s1. The highest BCUT2D eigenvalue weighted by Crippen LogP contribution is 2.28. The molecule has 0 aliphatic carbocycles. The lowest BCUT2D eigenvalue weighted by Crippen LogP contribution is -2.26. The summed E-state index contributed by atoms with van der Waals surface area (Å²) in [4.78, 5) is 31.6. The Hall–Kier alpha value is -3.11. The van der Waals surface area contributed by atoms with Gasteiger partial charge in [-0.05, 0) is 50.1 Å². The number of amides is 1. The van der Waals surface area contributed by atoms with Gasteiger partial charge in [-0.2, -0.15) is 0 Å². The van der Waals surface area contributed by atoms with Gasteiger partial charge in [-0.1, -0.05) is 42.4 Å². The van der Waals surface area contributed by atoms with Crippen LogP contribution in [0.5, 0.6) is 5.75 Å². The van der Waals surface area contributed by atoms with Crippen molar-refractivity contribution >= 4 is 33.2 Å². The number of aromatic nitrogens is 2. The van der Waals surface area contributed by atoms with Crippen molar-refractivity contribution in [1.82, 2.24) is 9.97 Å². The Morgan fingerprint density at radius 1 is 1.15 bits per heavy atom. The number of nitrogens with one attached hydrogen (secondary N) is 2. The van der Waals surface area contributed by atoms with E-state index in [-0.39, 0.29) is 16.0 Å². The van der Waals surface area contributed by atoms with Crippen molar-refractivity contribution in [2.45, 2.75) is 47.4 Å². The summed E-state index contributed by atoms with van der Waals surface area (Å²) < 4.78 is 30.9. The monoisotopic (exact) mass is 487 g/mol. The number of sulfone groups is 1. The lowest BCUT2D eigenvalue weighted by Gasteiger charge is -2.16. The van der Waals surface area contributed by atoms with Crippen molar-refractivity contribution in [3.8, 4) is 5.75 Å². The summed E-state index contributed by atoms with van der Waals surface area (Å²) in [6.07, 6.45) is 1.49. The Kier molecular flexibility index (Phi) is 7.60. The van der Waals surface area contributed by atoms with Gasteiger partial charge < -0.3 is 15.0 Å². The fourth-order valence-electron chi connectivity index (χ4n) is 3.05. The van der Waals surface area contributed by atoms with Crippen LogP contribution in [0, 0.1) is 13.8 Å². The van der Waals surface area contributed by atoms with E-state index >= 15 is 0 Å². The van der Waals surface area contributed by atoms with Gasteiger partial charge in [-0.3, -0.25) is 9.59 Å². The highest BCUT2D eigenvalue weighted by molar-refractivity contribution is 8.00. The molecule has 174 valence electrons. The molecular weight excluding hydrogens is 462 g/mol. The topological polar surface area (TPSA) is 118 Å². The third-order valence-corrected chi connectivity index (χ3v) is 7.92. The molecule has 10 heteroatoms. The van der Waals surface area contributed by atoms with Crippen LogP contribution in [0.3, 0.4) is 0 Å². The summed E-state index contributed by atoms with van der Waals surface area (Å²) in [6, 6.07) is 11.7. The maximum Gasteiger partial charge on any atom is 0.270 e. The van der Waals surface area contributed by atoms with Gasteiger partial charge in [0, 0.05) is 0 Å². The first kappa shape index (κ1) is 24.5. The number of aryl methyl sites for hydroxylation is 2. The summed E-state index contributed by atoms with van der Waals surface area (Å²) in [5.74, 6) is 0.247. The van der Waals surface area contributed by atoms with Gasteiger partial charge in [0.15, 0.2) is 10.1 Å². The Labute approximate surface area is 196 Å². The van der Waals surface area contributed by atoms with Gasteiger partial charge in [0.05, 0.1) is 29.1 Å². The molecule has 2 aromatic carbocycles. The molecule has 33 heavy (non-hydrogen) atoms. The zero-order valence-electron chi connectivity index (χ0n) is 18.7. The number of aromatic amines is 1. The van der Waals surface area contributed by atoms with E-state index in [2.05, 4.69) is 15.3 Å². The molecule has 0 radical (unpaired) electrons. The Bertz CT molecular complexity index is 1320. The molecule has 0 saturated heterocycles. The number of thioether (sulfide) groups is 1. The molecule has 3 aromatic rings. The number of rotatable bonds is 8. The largest absolute Gasteiger partial charge is 0.495 e. The Morgan fingerprint density at radius 3 is 2.42 bits per heavy atom. The quantitative estimate of drug-likeness (QED) is 0.367. The zero-order valence-corrected chi connectivity index (χ0v) is 20.3. The Morgan fingerprint density at radius 2 is 1.82 bits per heavy atom. The zero-order chi connectivity index (χ0) is 24.2. The minimum Gasteiger partial charge on any atom is -0.495 e. The molecule has 2 N–H and O–H groups in total. The third kappa shape index (κ3) is 5.63. The molecule has 0 unspecified atom stereocenters. The van der Waals surface area contributed by atoms with Crippen LogP contribution in [-0.4, -0.2) is 36.7 Å². The summed E-state index contributed by atoms with van der Waals surface area (Å²) in [6.45, 7) is 5.58. The van der Waals surface area contributed by atoms with Crippen molar-refractivity contribution < 1.29 is 17.9 Å². The predicted octanol–water partition coefficient (Wildman–Crippen LogP) is 3.74. The average molecular weight is 488 g/mol. The lowest BCUT2D eigenvalue weighted by molar-refractivity contribution is -0.115. The fraction of sp³-hybridized carbons (Fsp3) is 0.261. The normalized spacial score (nSPS) is 12.2. The molecule has 1 amide bonds. The van der Waals surface area contributed by atoms with Crippen LogP contribution in [0.25, 0.3) is 0 Å². The molecule has 0 aliphatic heterocycles. The molecule has 1 aromatic heterocycles. The fourth-order valence-corrected chi connectivity index (χ4v) is 5.15. The number of H-pyrrole nitrogens is 1. The molecule has 0 aliphatic rings. The molecule has 0 bridgehead atoms. The van der Waals surface area contributed by atoms with Gasteiger partial charge >= 0.3 is 0 Å². The second kappa shape index (κ2) is 10.2. The number of methoxy groups -OCH3 is 1. The minimum absolute atomic E-state index is 0.0127. The van der Waals surface area contributed by atoms with Gasteiger partial charge in [-0.25, -0.2) is 13.4 Å². The molecule has 3 rings (SSSR count). The van der Waals surface area contributed by atoms with Gasteiger partial charge in [0.1, 0.15) is 5.75 Å². The second-order valence-corrected chi connectivity index (χ2v) is 10.5. The number of carbonyl (C=O) groups is 1.